The van der Waals surface area contributed by atoms with Gasteiger partial charge in [-0.2, -0.15) is 5.01 Å². The number of nitrogens with one attached hydrogen (secondary N) is 2. The Kier molecular flexibility index (Phi) is 6.00. The Morgan fingerprint density at radius 1 is 1.31 bits per heavy atom. The van der Waals surface area contributed by atoms with E-state index in [1.807, 2.05) is 49.2 Å². The lowest BCUT2D eigenvalue weighted by atomic mass is 9.68. The molecule has 5 N–H and O–H groups in total. The highest BCUT2D eigenvalue weighted by Crippen LogP contribution is 2.46. The van der Waals surface area contributed by atoms with Crippen molar-refractivity contribution in [1.82, 2.24) is 15.8 Å². The first-order chi connectivity index (χ1) is 13.8. The molecule has 0 aromatic heterocycles. The summed E-state index contributed by atoms with van der Waals surface area (Å²) >= 11 is 0. The Balaban J connectivity index is 2.02. The number of benzene rings is 1. The zero-order chi connectivity index (χ0) is 21.2. The lowest BCUT2D eigenvalue weighted by Gasteiger charge is -2.47. The van der Waals surface area contributed by atoms with E-state index in [2.05, 4.69) is 10.7 Å². The molecule has 1 saturated carbocycles. The number of nitrogens with zero attached hydrogens (tertiary/aromatic N) is 1. The Morgan fingerprint density at radius 2 is 1.93 bits per heavy atom. The van der Waals surface area contributed by atoms with Crippen molar-refractivity contribution in [2.45, 2.75) is 63.1 Å². The van der Waals surface area contributed by atoms with Gasteiger partial charge in [0.25, 0.3) is 5.91 Å². The fourth-order valence-corrected chi connectivity index (χ4v) is 4.75. The van der Waals surface area contributed by atoms with E-state index in [1.54, 1.807) is 13.1 Å². The summed E-state index contributed by atoms with van der Waals surface area (Å²) in [5, 5.41) is 15.1. The zero-order valence-electron chi connectivity index (χ0n) is 17.4. The lowest BCUT2D eigenvalue weighted by molar-refractivity contribution is -0.137. The number of carbonyl (C=O) groups excluding carboxylic acids is 2. The lowest BCUT2D eigenvalue weighted by Crippen LogP contribution is -2.62. The van der Waals surface area contributed by atoms with Crippen molar-refractivity contribution in [3.8, 4) is 0 Å². The molecule has 0 saturated heterocycles. The van der Waals surface area contributed by atoms with Crippen LogP contribution in [0.3, 0.4) is 0 Å². The molecule has 2 aliphatic rings. The van der Waals surface area contributed by atoms with Crippen molar-refractivity contribution >= 4 is 11.8 Å². The molecule has 1 fully saturated rings. The minimum absolute atomic E-state index is 0.104. The van der Waals surface area contributed by atoms with Gasteiger partial charge < -0.3 is 21.6 Å². The van der Waals surface area contributed by atoms with Crippen molar-refractivity contribution in [3.05, 3.63) is 47.7 Å². The van der Waals surface area contributed by atoms with Crippen LogP contribution in [0.15, 0.2) is 42.1 Å². The minimum Gasteiger partial charge on any atom is -0.390 e. The first-order valence-electron chi connectivity index (χ1n) is 10.4. The highest BCUT2D eigenvalue weighted by Gasteiger charge is 2.55. The topological polar surface area (TPSA) is 108 Å². The SMILES string of the molecule is CCC1(O)CCC(C2(C(N)=O)C=C(C(=O)NC)NN2[C@@H](C)c2ccccc2)CC1. The molecule has 1 aromatic carbocycles. The average Bonchev–Trinajstić information content (AvgIpc) is 3.15. The van der Waals surface area contributed by atoms with Crippen molar-refractivity contribution in [2.24, 2.45) is 11.7 Å². The number of rotatable bonds is 6. The van der Waals surface area contributed by atoms with Crippen molar-refractivity contribution in [1.29, 1.82) is 0 Å². The van der Waals surface area contributed by atoms with Crippen LogP contribution in [0.2, 0.25) is 0 Å². The number of amides is 2. The summed E-state index contributed by atoms with van der Waals surface area (Å²) in [4.78, 5) is 25.4. The van der Waals surface area contributed by atoms with Crippen LogP contribution in [0.4, 0.5) is 0 Å². The molecule has 1 aliphatic carbocycles. The summed E-state index contributed by atoms with van der Waals surface area (Å²) in [5.41, 5.74) is 8.68. The van der Waals surface area contributed by atoms with E-state index in [0.29, 0.717) is 37.8 Å². The van der Waals surface area contributed by atoms with Gasteiger partial charge in [-0.15, -0.1) is 0 Å². The second kappa shape index (κ2) is 8.16. The maximum atomic E-state index is 13.0. The Labute approximate surface area is 172 Å². The molecular weight excluding hydrogens is 368 g/mol. The van der Waals surface area contributed by atoms with Crippen LogP contribution in [0, 0.1) is 5.92 Å². The first-order valence-corrected chi connectivity index (χ1v) is 10.4. The smallest absolute Gasteiger partial charge is 0.268 e. The van der Waals surface area contributed by atoms with Gasteiger partial charge >= 0.3 is 0 Å². The third-order valence-electron chi connectivity index (χ3n) is 6.74. The monoisotopic (exact) mass is 400 g/mol. The van der Waals surface area contributed by atoms with Gasteiger partial charge in [0.2, 0.25) is 5.91 Å². The Bertz CT molecular complexity index is 787. The van der Waals surface area contributed by atoms with E-state index in [0.717, 1.165) is 5.56 Å². The van der Waals surface area contributed by atoms with E-state index in [4.69, 9.17) is 5.73 Å². The molecule has 1 heterocycles. The summed E-state index contributed by atoms with van der Waals surface area (Å²) in [6.07, 6.45) is 4.91. The molecule has 0 bridgehead atoms. The molecule has 2 atom stereocenters. The quantitative estimate of drug-likeness (QED) is 0.582. The number of aliphatic hydroxyl groups is 1. The largest absolute Gasteiger partial charge is 0.390 e. The number of primary amides is 1. The predicted octanol–water partition coefficient (Wildman–Crippen LogP) is 1.75. The van der Waals surface area contributed by atoms with Crippen LogP contribution in [-0.4, -0.2) is 40.1 Å². The van der Waals surface area contributed by atoms with E-state index in [1.165, 1.54) is 0 Å². The summed E-state index contributed by atoms with van der Waals surface area (Å²) in [5.74, 6) is -0.884. The molecule has 3 rings (SSSR count). The van der Waals surface area contributed by atoms with E-state index < -0.39 is 17.0 Å². The number of nitrogens with two attached hydrogens (primary N) is 1. The summed E-state index contributed by atoms with van der Waals surface area (Å²) in [6.45, 7) is 3.97. The molecule has 0 radical (unpaired) electrons. The van der Waals surface area contributed by atoms with Gasteiger partial charge in [-0.05, 0) is 56.6 Å². The third-order valence-corrected chi connectivity index (χ3v) is 6.74. The molecular formula is C22H32N4O3. The molecule has 2 amide bonds. The number of hydrogen-bond donors (Lipinski definition) is 4. The summed E-state index contributed by atoms with van der Waals surface area (Å²) in [7, 11) is 1.56. The second-order valence-corrected chi connectivity index (χ2v) is 8.25. The molecule has 1 aliphatic heterocycles. The number of hydrogen-bond acceptors (Lipinski definition) is 5. The second-order valence-electron chi connectivity index (χ2n) is 8.25. The highest BCUT2D eigenvalue weighted by molar-refractivity contribution is 5.97. The van der Waals surface area contributed by atoms with E-state index in [9.17, 15) is 14.7 Å². The molecule has 7 nitrogen and oxygen atoms in total. The number of hydrazine groups is 1. The highest BCUT2D eigenvalue weighted by atomic mass is 16.3. The fraction of sp³-hybridized carbons (Fsp3) is 0.545. The van der Waals surface area contributed by atoms with Gasteiger partial charge in [-0.3, -0.25) is 9.59 Å². The van der Waals surface area contributed by atoms with Crippen LogP contribution in [0.1, 0.15) is 57.6 Å². The van der Waals surface area contributed by atoms with Gasteiger partial charge in [0.15, 0.2) is 0 Å². The van der Waals surface area contributed by atoms with Gasteiger partial charge in [0.05, 0.1) is 11.6 Å². The molecule has 1 unspecified atom stereocenters. The van der Waals surface area contributed by atoms with Crippen LogP contribution < -0.4 is 16.5 Å². The molecule has 29 heavy (non-hydrogen) atoms. The van der Waals surface area contributed by atoms with Crippen LogP contribution in [-0.2, 0) is 9.59 Å². The van der Waals surface area contributed by atoms with Crippen LogP contribution in [0.25, 0.3) is 0 Å². The molecule has 1 aromatic rings. The Hall–Kier alpha value is -2.38. The Morgan fingerprint density at radius 3 is 2.45 bits per heavy atom. The average molecular weight is 401 g/mol. The van der Waals surface area contributed by atoms with Gasteiger partial charge in [-0.1, -0.05) is 37.3 Å². The standard InChI is InChI=1S/C22H32N4O3/c1-4-21(29)12-10-17(11-13-21)22(20(23)28)14-18(19(27)24-3)25-26(22)15(2)16-8-6-5-7-9-16/h5-9,14-15,17,25,29H,4,10-13H2,1-3H3,(H2,23,28)(H,24,27)/t15-,17?,21?,22?/m0/s1. The number of carbonyl (C=O) groups is 2. The van der Waals surface area contributed by atoms with Crippen LogP contribution in [0.5, 0.6) is 0 Å². The molecule has 7 heteroatoms. The summed E-state index contributed by atoms with van der Waals surface area (Å²) in [6, 6.07) is 9.62. The van der Waals surface area contributed by atoms with Crippen LogP contribution >= 0.6 is 0 Å². The summed E-state index contributed by atoms with van der Waals surface area (Å²) < 4.78 is 0. The maximum Gasteiger partial charge on any atom is 0.268 e. The molecule has 0 spiro atoms. The predicted molar refractivity (Wildman–Crippen MR) is 111 cm³/mol. The van der Waals surface area contributed by atoms with Crippen molar-refractivity contribution in [2.75, 3.05) is 7.05 Å². The maximum absolute atomic E-state index is 13.0. The van der Waals surface area contributed by atoms with Crippen molar-refractivity contribution < 1.29 is 14.7 Å². The normalized spacial score (nSPS) is 30.9. The first kappa shape index (κ1) is 21.3. The molecule has 158 valence electrons. The van der Waals surface area contributed by atoms with Crippen molar-refractivity contribution in [3.63, 3.8) is 0 Å². The minimum atomic E-state index is -1.15. The van der Waals surface area contributed by atoms with Gasteiger partial charge in [-0.25, -0.2) is 0 Å². The van der Waals surface area contributed by atoms with Gasteiger partial charge in [0, 0.05) is 7.05 Å². The number of likely N-dealkylation sites (N-methyl/N-ethyl adjacent to an activating group) is 1. The zero-order valence-corrected chi connectivity index (χ0v) is 17.4. The van der Waals surface area contributed by atoms with E-state index >= 15 is 0 Å². The van der Waals surface area contributed by atoms with E-state index in [-0.39, 0.29) is 17.9 Å². The third kappa shape index (κ3) is 3.76. The fourth-order valence-electron chi connectivity index (χ4n) is 4.75. The van der Waals surface area contributed by atoms with Gasteiger partial charge in [0.1, 0.15) is 11.2 Å².